The average Bonchev–Trinajstić information content (AvgIpc) is 2.90. The number of carbonyl (C=O) groups excluding carboxylic acids is 1. The molecule has 2 aromatic rings. The number of nitro groups is 1. The van der Waals surface area contributed by atoms with Crippen LogP contribution in [0.15, 0.2) is 53.1 Å². The molecule has 0 saturated carbocycles. The number of Topliss-reactive ketones (excluding diaryl/α,β-unsaturated/α-hetero) is 1. The van der Waals surface area contributed by atoms with Gasteiger partial charge in [-0.05, 0) is 17.7 Å². The lowest BCUT2D eigenvalue weighted by Gasteiger charge is -2.09. The Morgan fingerprint density at radius 2 is 1.95 bits per heavy atom. The van der Waals surface area contributed by atoms with Gasteiger partial charge in [-0.3, -0.25) is 14.9 Å². The minimum Gasteiger partial charge on any atom is -0.468 e. The van der Waals surface area contributed by atoms with Crippen molar-refractivity contribution in [2.45, 2.75) is 12.3 Å². The van der Waals surface area contributed by atoms with Crippen molar-refractivity contribution < 1.29 is 14.1 Å². The van der Waals surface area contributed by atoms with Crippen molar-refractivity contribution in [2.75, 3.05) is 6.54 Å². The summed E-state index contributed by atoms with van der Waals surface area (Å²) < 4.78 is 5.13. The summed E-state index contributed by atoms with van der Waals surface area (Å²) in [5, 5.41) is 10.7. The van der Waals surface area contributed by atoms with Gasteiger partial charge < -0.3 is 4.42 Å². The van der Waals surface area contributed by atoms with Crippen LogP contribution in [0.5, 0.6) is 0 Å². The molecule has 1 aromatic carbocycles. The zero-order valence-corrected chi connectivity index (χ0v) is 10.2. The molecule has 0 radical (unpaired) electrons. The molecule has 0 amide bonds. The van der Waals surface area contributed by atoms with Crippen LogP contribution in [-0.4, -0.2) is 17.3 Å². The lowest BCUT2D eigenvalue weighted by molar-refractivity contribution is -0.481. The van der Waals surface area contributed by atoms with Gasteiger partial charge in [0, 0.05) is 11.3 Å². The Morgan fingerprint density at radius 3 is 2.53 bits per heavy atom. The summed E-state index contributed by atoms with van der Waals surface area (Å²) in [6.45, 7) is -0.445. The fourth-order valence-corrected chi connectivity index (χ4v) is 1.91. The maximum absolute atomic E-state index is 12.2. The molecule has 0 fully saturated rings. The fourth-order valence-electron chi connectivity index (χ4n) is 1.91. The smallest absolute Gasteiger partial charge is 0.220 e. The maximum atomic E-state index is 12.2. The van der Waals surface area contributed by atoms with Crippen molar-refractivity contribution in [2.24, 2.45) is 0 Å². The molecule has 0 aliphatic heterocycles. The first kappa shape index (κ1) is 13.0. The Kier molecular flexibility index (Phi) is 4.07. The van der Waals surface area contributed by atoms with Gasteiger partial charge in [-0.2, -0.15) is 0 Å². The monoisotopic (exact) mass is 259 g/mol. The zero-order chi connectivity index (χ0) is 13.7. The van der Waals surface area contributed by atoms with E-state index in [0.717, 1.165) is 5.56 Å². The van der Waals surface area contributed by atoms with E-state index in [1.165, 1.54) is 6.26 Å². The van der Waals surface area contributed by atoms with Crippen LogP contribution in [-0.2, 0) is 11.2 Å². The number of benzene rings is 1. The Bertz CT molecular complexity index is 548. The first-order valence-electron chi connectivity index (χ1n) is 5.88. The SMILES string of the molecule is O=C(Cc1ccccc1)[C@H](C[N+](=O)[O-])c1ccco1. The van der Waals surface area contributed by atoms with E-state index in [1.807, 2.05) is 30.3 Å². The Hall–Kier alpha value is -2.43. The number of nitrogens with zero attached hydrogens (tertiary/aromatic N) is 1. The highest BCUT2D eigenvalue weighted by atomic mass is 16.6. The third kappa shape index (κ3) is 3.51. The van der Waals surface area contributed by atoms with Crippen LogP contribution in [0.25, 0.3) is 0 Å². The number of hydrogen-bond acceptors (Lipinski definition) is 4. The number of carbonyl (C=O) groups is 1. The Labute approximate surface area is 110 Å². The third-order valence-corrected chi connectivity index (χ3v) is 2.83. The van der Waals surface area contributed by atoms with Gasteiger partial charge in [0.1, 0.15) is 11.7 Å². The first-order chi connectivity index (χ1) is 9.16. The summed E-state index contributed by atoms with van der Waals surface area (Å²) >= 11 is 0. The van der Waals surface area contributed by atoms with E-state index in [4.69, 9.17) is 4.42 Å². The molecule has 1 aromatic heterocycles. The molecule has 1 atom stereocenters. The van der Waals surface area contributed by atoms with E-state index in [0.29, 0.717) is 5.76 Å². The molecule has 0 bridgehead atoms. The lowest BCUT2D eigenvalue weighted by atomic mass is 9.96. The second-order valence-electron chi connectivity index (χ2n) is 4.21. The molecule has 0 unspecified atom stereocenters. The molecule has 98 valence electrons. The first-order valence-corrected chi connectivity index (χ1v) is 5.88. The Balaban J connectivity index is 2.14. The molecule has 2 rings (SSSR count). The van der Waals surface area contributed by atoms with Crippen LogP contribution in [0.4, 0.5) is 0 Å². The summed E-state index contributed by atoms with van der Waals surface area (Å²) in [4.78, 5) is 22.4. The predicted octanol–water partition coefficient (Wildman–Crippen LogP) is 2.45. The van der Waals surface area contributed by atoms with Crippen LogP contribution in [0, 0.1) is 10.1 Å². The van der Waals surface area contributed by atoms with Gasteiger partial charge >= 0.3 is 0 Å². The number of furan rings is 1. The minimum absolute atomic E-state index is 0.167. The molecule has 0 saturated heterocycles. The maximum Gasteiger partial charge on any atom is 0.220 e. The van der Waals surface area contributed by atoms with Crippen LogP contribution in [0.1, 0.15) is 17.2 Å². The van der Waals surface area contributed by atoms with Crippen molar-refractivity contribution >= 4 is 5.78 Å². The highest BCUT2D eigenvalue weighted by Crippen LogP contribution is 2.20. The predicted molar refractivity (Wildman–Crippen MR) is 68.5 cm³/mol. The van der Waals surface area contributed by atoms with Gasteiger partial charge in [0.05, 0.1) is 6.26 Å². The van der Waals surface area contributed by atoms with Crippen LogP contribution in [0.3, 0.4) is 0 Å². The van der Waals surface area contributed by atoms with Gasteiger partial charge in [0.15, 0.2) is 5.78 Å². The molecule has 0 aliphatic rings. The molecule has 0 N–H and O–H groups in total. The summed E-state index contributed by atoms with van der Waals surface area (Å²) in [5.74, 6) is -0.694. The number of rotatable bonds is 6. The lowest BCUT2D eigenvalue weighted by Crippen LogP contribution is -2.22. The quantitative estimate of drug-likeness (QED) is 0.590. The van der Waals surface area contributed by atoms with Gasteiger partial charge in [-0.1, -0.05) is 30.3 Å². The van der Waals surface area contributed by atoms with Crippen molar-refractivity contribution in [1.29, 1.82) is 0 Å². The molecule has 0 spiro atoms. The highest BCUT2D eigenvalue weighted by molar-refractivity contribution is 5.87. The largest absolute Gasteiger partial charge is 0.468 e. The zero-order valence-electron chi connectivity index (χ0n) is 10.2. The normalized spacial score (nSPS) is 12.0. The summed E-state index contributed by atoms with van der Waals surface area (Å²) in [6, 6.07) is 12.4. The number of hydrogen-bond donors (Lipinski definition) is 0. The average molecular weight is 259 g/mol. The van der Waals surface area contributed by atoms with Gasteiger partial charge in [-0.15, -0.1) is 0 Å². The molecule has 19 heavy (non-hydrogen) atoms. The van der Waals surface area contributed by atoms with Crippen molar-refractivity contribution in [3.63, 3.8) is 0 Å². The number of ketones is 1. The standard InChI is InChI=1S/C14H13NO4/c16-13(9-11-5-2-1-3-6-11)12(10-15(17)18)14-7-4-8-19-14/h1-8,12H,9-10H2/t12-/m0/s1. The summed E-state index contributed by atoms with van der Waals surface area (Å²) in [6.07, 6.45) is 1.58. The molecule has 5 heteroatoms. The van der Waals surface area contributed by atoms with E-state index in [1.54, 1.807) is 12.1 Å². The molecular weight excluding hydrogens is 246 g/mol. The van der Waals surface area contributed by atoms with Crippen molar-refractivity contribution in [1.82, 2.24) is 0 Å². The molecule has 5 nitrogen and oxygen atoms in total. The van der Waals surface area contributed by atoms with Gasteiger partial charge in [0.25, 0.3) is 0 Å². The molecular formula is C14H13NO4. The Morgan fingerprint density at radius 1 is 1.21 bits per heavy atom. The van der Waals surface area contributed by atoms with E-state index in [-0.39, 0.29) is 12.2 Å². The molecule has 0 aliphatic carbocycles. The van der Waals surface area contributed by atoms with Crippen LogP contribution < -0.4 is 0 Å². The second-order valence-corrected chi connectivity index (χ2v) is 4.21. The van der Waals surface area contributed by atoms with Gasteiger partial charge in [-0.25, -0.2) is 0 Å². The molecule has 1 heterocycles. The fraction of sp³-hybridized carbons (Fsp3) is 0.214. The second kappa shape index (κ2) is 5.95. The van der Waals surface area contributed by atoms with Crippen LogP contribution >= 0.6 is 0 Å². The van der Waals surface area contributed by atoms with Crippen LogP contribution in [0.2, 0.25) is 0 Å². The highest BCUT2D eigenvalue weighted by Gasteiger charge is 2.28. The summed E-state index contributed by atoms with van der Waals surface area (Å²) in [5.41, 5.74) is 0.840. The van der Waals surface area contributed by atoms with Crippen molar-refractivity contribution in [3.05, 3.63) is 70.2 Å². The van der Waals surface area contributed by atoms with Crippen molar-refractivity contribution in [3.8, 4) is 0 Å². The minimum atomic E-state index is -0.829. The van der Waals surface area contributed by atoms with E-state index >= 15 is 0 Å². The van der Waals surface area contributed by atoms with E-state index < -0.39 is 17.4 Å². The van der Waals surface area contributed by atoms with E-state index in [2.05, 4.69) is 0 Å². The summed E-state index contributed by atoms with van der Waals surface area (Å²) in [7, 11) is 0. The topological polar surface area (TPSA) is 73.3 Å². The van der Waals surface area contributed by atoms with Gasteiger partial charge in [0.2, 0.25) is 6.54 Å². The van der Waals surface area contributed by atoms with E-state index in [9.17, 15) is 14.9 Å². The third-order valence-electron chi connectivity index (χ3n) is 2.83.